The maximum atomic E-state index is 12.8. The van der Waals surface area contributed by atoms with Gasteiger partial charge in [0.25, 0.3) is 0 Å². The number of thiophene rings is 1. The van der Waals surface area contributed by atoms with E-state index < -0.39 is 12.6 Å². The molecule has 7 heteroatoms. The molecule has 0 saturated carbocycles. The molecule has 0 saturated heterocycles. The Kier molecular flexibility index (Phi) is 5.62. The van der Waals surface area contributed by atoms with Crippen LogP contribution in [-0.2, 0) is 4.74 Å². The highest BCUT2D eigenvalue weighted by molar-refractivity contribution is 7.13. The molecule has 0 atom stereocenters. The minimum Gasteiger partial charge on any atom is -0.454 e. The highest BCUT2D eigenvalue weighted by Crippen LogP contribution is 2.28. The van der Waals surface area contributed by atoms with Gasteiger partial charge in [-0.15, -0.1) is 11.3 Å². The van der Waals surface area contributed by atoms with E-state index in [0.717, 1.165) is 4.88 Å². The normalized spacial score (nSPS) is 10.8. The average Bonchev–Trinajstić information content (AvgIpc) is 3.28. The van der Waals surface area contributed by atoms with Gasteiger partial charge in [-0.1, -0.05) is 47.5 Å². The topological polar surface area (TPSA) is 56.3 Å². The number of fused-ring (bicyclic) bond motifs is 1. The van der Waals surface area contributed by atoms with Crippen molar-refractivity contribution in [1.29, 1.82) is 0 Å². The van der Waals surface area contributed by atoms with Crippen molar-refractivity contribution in [2.45, 2.75) is 0 Å². The van der Waals surface area contributed by atoms with Crippen LogP contribution in [-0.4, -0.2) is 23.3 Å². The second-order valence-electron chi connectivity index (χ2n) is 6.18. The van der Waals surface area contributed by atoms with Crippen LogP contribution in [0.15, 0.2) is 66.0 Å². The van der Waals surface area contributed by atoms with Crippen LogP contribution in [0.3, 0.4) is 0 Å². The summed E-state index contributed by atoms with van der Waals surface area (Å²) < 4.78 is 5.31. The Bertz CT molecular complexity index is 1220. The van der Waals surface area contributed by atoms with Crippen LogP contribution in [0.5, 0.6) is 0 Å². The molecular weight excluding hydrogens is 429 g/mol. The summed E-state index contributed by atoms with van der Waals surface area (Å²) in [5.74, 6) is -0.955. The van der Waals surface area contributed by atoms with E-state index in [1.807, 2.05) is 35.7 Å². The van der Waals surface area contributed by atoms with Crippen molar-refractivity contribution in [3.05, 3.63) is 87.2 Å². The van der Waals surface area contributed by atoms with Crippen molar-refractivity contribution in [3.63, 3.8) is 0 Å². The maximum absolute atomic E-state index is 12.8. The lowest BCUT2D eigenvalue weighted by Crippen LogP contribution is -2.15. The molecule has 0 fully saturated rings. The number of benzene rings is 2. The fourth-order valence-electron chi connectivity index (χ4n) is 2.86. The molecule has 0 aliphatic rings. The first-order valence-corrected chi connectivity index (χ1v) is 10.3. The van der Waals surface area contributed by atoms with Crippen molar-refractivity contribution in [3.8, 4) is 10.6 Å². The molecule has 0 bridgehead atoms. The van der Waals surface area contributed by atoms with Gasteiger partial charge in [-0.3, -0.25) is 4.79 Å². The first-order valence-electron chi connectivity index (χ1n) is 8.62. The lowest BCUT2D eigenvalue weighted by molar-refractivity contribution is 0.0476. The summed E-state index contributed by atoms with van der Waals surface area (Å²) in [6.45, 7) is -0.401. The molecule has 144 valence electrons. The van der Waals surface area contributed by atoms with Gasteiger partial charge in [0, 0.05) is 10.9 Å². The number of aromatic nitrogens is 1. The van der Waals surface area contributed by atoms with Crippen LogP contribution in [0.2, 0.25) is 10.0 Å². The minimum atomic E-state index is -0.588. The van der Waals surface area contributed by atoms with Crippen LogP contribution < -0.4 is 0 Å². The number of carbonyl (C=O) groups excluding carboxylic acids is 2. The third-order valence-corrected chi connectivity index (χ3v) is 5.92. The molecular formula is C22H13Cl2NO3S. The van der Waals surface area contributed by atoms with Gasteiger partial charge in [0.2, 0.25) is 0 Å². The zero-order valence-corrected chi connectivity index (χ0v) is 17.2. The van der Waals surface area contributed by atoms with Gasteiger partial charge in [0.1, 0.15) is 0 Å². The molecule has 0 spiro atoms. The second kappa shape index (κ2) is 8.33. The Balaban J connectivity index is 1.61. The number of esters is 1. The van der Waals surface area contributed by atoms with E-state index in [2.05, 4.69) is 4.98 Å². The summed E-state index contributed by atoms with van der Waals surface area (Å²) in [4.78, 5) is 30.7. The first kappa shape index (κ1) is 19.6. The standard InChI is InChI=1S/C22H13Cl2NO3S/c23-16-8-7-13(10-17(16)24)20(26)12-28-22(27)15-11-19(21-6-3-9-29-21)25-18-5-2-1-4-14(15)18/h1-11H,12H2. The van der Waals surface area contributed by atoms with Crippen molar-refractivity contribution in [2.75, 3.05) is 6.61 Å². The van der Waals surface area contributed by atoms with Crippen LogP contribution >= 0.6 is 34.5 Å². The number of carbonyl (C=O) groups is 2. The highest BCUT2D eigenvalue weighted by Gasteiger charge is 2.17. The number of ketones is 1. The number of halogens is 2. The summed E-state index contributed by atoms with van der Waals surface area (Å²) in [7, 11) is 0. The van der Waals surface area contributed by atoms with E-state index in [-0.39, 0.29) is 10.8 Å². The fraction of sp³-hybridized carbons (Fsp3) is 0.0455. The molecule has 0 unspecified atom stereocenters. The van der Waals surface area contributed by atoms with Crippen LogP contribution in [0.25, 0.3) is 21.5 Å². The van der Waals surface area contributed by atoms with Gasteiger partial charge in [0.05, 0.1) is 31.7 Å². The zero-order valence-electron chi connectivity index (χ0n) is 14.9. The molecule has 4 aromatic rings. The third kappa shape index (κ3) is 4.17. The molecule has 4 nitrogen and oxygen atoms in total. The first-order chi connectivity index (χ1) is 14.0. The summed E-state index contributed by atoms with van der Waals surface area (Å²) >= 11 is 13.4. The van der Waals surface area contributed by atoms with Gasteiger partial charge in [-0.05, 0) is 41.8 Å². The van der Waals surface area contributed by atoms with Crippen molar-refractivity contribution < 1.29 is 14.3 Å². The van der Waals surface area contributed by atoms with Crippen LogP contribution in [0, 0.1) is 0 Å². The van der Waals surface area contributed by atoms with Gasteiger partial charge in [-0.25, -0.2) is 9.78 Å². The third-order valence-electron chi connectivity index (χ3n) is 4.29. The Labute approximate surface area is 180 Å². The number of ether oxygens (including phenoxy) is 1. The highest BCUT2D eigenvalue weighted by atomic mass is 35.5. The molecule has 0 N–H and O–H groups in total. The van der Waals surface area contributed by atoms with E-state index in [9.17, 15) is 9.59 Å². The Hall–Kier alpha value is -2.73. The molecule has 0 aliphatic carbocycles. The second-order valence-corrected chi connectivity index (χ2v) is 7.94. The van der Waals surface area contributed by atoms with Gasteiger partial charge in [0.15, 0.2) is 12.4 Å². The molecule has 2 aromatic heterocycles. The SMILES string of the molecule is O=C(COC(=O)c1cc(-c2cccs2)nc2ccccc12)c1ccc(Cl)c(Cl)c1. The van der Waals surface area contributed by atoms with E-state index in [4.69, 9.17) is 27.9 Å². The molecule has 0 amide bonds. The Morgan fingerprint density at radius 1 is 0.966 bits per heavy atom. The molecule has 0 radical (unpaired) electrons. The van der Waals surface area contributed by atoms with Crippen molar-refractivity contribution >= 4 is 57.2 Å². The molecule has 0 aliphatic heterocycles. The zero-order chi connectivity index (χ0) is 20.4. The average molecular weight is 442 g/mol. The largest absolute Gasteiger partial charge is 0.454 e. The van der Waals surface area contributed by atoms with Crippen LogP contribution in [0.4, 0.5) is 0 Å². The van der Waals surface area contributed by atoms with E-state index in [1.165, 1.54) is 23.5 Å². The van der Waals surface area contributed by atoms with Gasteiger partial charge in [-0.2, -0.15) is 0 Å². The molecule has 2 aromatic carbocycles. The van der Waals surface area contributed by atoms with E-state index >= 15 is 0 Å². The quantitative estimate of drug-likeness (QED) is 0.269. The van der Waals surface area contributed by atoms with E-state index in [1.54, 1.807) is 18.2 Å². The maximum Gasteiger partial charge on any atom is 0.339 e. The number of hydrogen-bond acceptors (Lipinski definition) is 5. The number of pyridine rings is 1. The number of hydrogen-bond donors (Lipinski definition) is 0. The summed E-state index contributed by atoms with van der Waals surface area (Å²) in [6, 6.07) is 17.4. The predicted molar refractivity (Wildman–Crippen MR) is 116 cm³/mol. The van der Waals surface area contributed by atoms with Crippen LogP contribution in [0.1, 0.15) is 20.7 Å². The lowest BCUT2D eigenvalue weighted by Gasteiger charge is -2.09. The van der Waals surface area contributed by atoms with Gasteiger partial charge >= 0.3 is 5.97 Å². The summed E-state index contributed by atoms with van der Waals surface area (Å²) in [6.07, 6.45) is 0. The Morgan fingerprint density at radius 2 is 1.79 bits per heavy atom. The number of para-hydroxylation sites is 1. The van der Waals surface area contributed by atoms with Gasteiger partial charge < -0.3 is 4.74 Å². The van der Waals surface area contributed by atoms with E-state index in [0.29, 0.717) is 32.7 Å². The monoisotopic (exact) mass is 441 g/mol. The Morgan fingerprint density at radius 3 is 2.55 bits per heavy atom. The summed E-state index contributed by atoms with van der Waals surface area (Å²) in [5, 5.41) is 3.23. The lowest BCUT2D eigenvalue weighted by atomic mass is 10.1. The number of Topliss-reactive ketones (excluding diaryl/α,β-unsaturated/α-hetero) is 1. The number of rotatable bonds is 5. The molecule has 29 heavy (non-hydrogen) atoms. The van der Waals surface area contributed by atoms with Crippen molar-refractivity contribution in [2.24, 2.45) is 0 Å². The predicted octanol–water partition coefficient (Wildman–Crippen LogP) is 6.31. The molecule has 4 rings (SSSR count). The smallest absolute Gasteiger partial charge is 0.339 e. The molecule has 2 heterocycles. The minimum absolute atomic E-state index is 0.268. The summed E-state index contributed by atoms with van der Waals surface area (Å²) in [5.41, 5.74) is 2.05. The van der Waals surface area contributed by atoms with Crippen molar-refractivity contribution in [1.82, 2.24) is 4.98 Å². The fourth-order valence-corrected chi connectivity index (χ4v) is 3.84. The number of nitrogens with zero attached hydrogens (tertiary/aromatic N) is 1.